The number of ether oxygens (including phenoxy) is 1. The van der Waals surface area contributed by atoms with Crippen LogP contribution in [0.2, 0.25) is 0 Å². The number of rotatable bonds is 7. The van der Waals surface area contributed by atoms with Crippen LogP contribution in [-0.4, -0.2) is 86.6 Å². The van der Waals surface area contributed by atoms with Crippen molar-refractivity contribution in [3.05, 3.63) is 53.6 Å². The first kappa shape index (κ1) is 23.1. The molecule has 2 N–H and O–H groups in total. The highest BCUT2D eigenvalue weighted by Crippen LogP contribution is 2.25. The van der Waals surface area contributed by atoms with Gasteiger partial charge in [-0.3, -0.25) is 9.59 Å². The van der Waals surface area contributed by atoms with E-state index >= 15 is 0 Å². The van der Waals surface area contributed by atoms with Gasteiger partial charge in [0.05, 0.1) is 30.5 Å². The van der Waals surface area contributed by atoms with Crippen LogP contribution in [0.15, 0.2) is 42.5 Å². The van der Waals surface area contributed by atoms with Crippen LogP contribution in [-0.2, 0) is 4.79 Å². The standard InChI is InChI=1S/C23H28N4O5/c1-25-10-12-27(13-11-25)21(28)15-26(2)16-8-9-19(18(14-16)23(30)31)24-22(29)17-6-4-5-7-20(17)32-3/h4-9,14H,10-13,15H2,1-3H3,(H,24,29)(H,30,31). The number of hydrogen-bond donors (Lipinski definition) is 2. The summed E-state index contributed by atoms with van der Waals surface area (Å²) in [4.78, 5) is 42.9. The average Bonchev–Trinajstić information content (AvgIpc) is 2.79. The number of carbonyl (C=O) groups excluding carboxylic acids is 2. The molecular weight excluding hydrogens is 412 g/mol. The Morgan fingerprint density at radius 3 is 2.41 bits per heavy atom. The molecule has 1 saturated heterocycles. The third-order valence-corrected chi connectivity index (χ3v) is 5.50. The maximum Gasteiger partial charge on any atom is 0.337 e. The Morgan fingerprint density at radius 2 is 1.75 bits per heavy atom. The first-order chi connectivity index (χ1) is 15.3. The number of carboxylic acids is 1. The molecular formula is C23H28N4O5. The van der Waals surface area contributed by atoms with Crippen molar-refractivity contribution in [1.29, 1.82) is 0 Å². The number of carboxylic acid groups (broad SMARTS) is 1. The number of nitrogens with one attached hydrogen (secondary N) is 1. The van der Waals surface area contributed by atoms with Gasteiger partial charge < -0.3 is 29.9 Å². The summed E-state index contributed by atoms with van der Waals surface area (Å²) >= 11 is 0. The van der Waals surface area contributed by atoms with Gasteiger partial charge in [-0.1, -0.05) is 12.1 Å². The maximum absolute atomic E-state index is 12.7. The molecule has 1 aliphatic heterocycles. The molecule has 0 saturated carbocycles. The van der Waals surface area contributed by atoms with Crippen LogP contribution in [0.25, 0.3) is 0 Å². The zero-order valence-electron chi connectivity index (χ0n) is 18.5. The Morgan fingerprint density at radius 1 is 1.06 bits per heavy atom. The van der Waals surface area contributed by atoms with Crippen molar-refractivity contribution >= 4 is 29.2 Å². The Balaban J connectivity index is 1.74. The Labute approximate surface area is 187 Å². The quantitative estimate of drug-likeness (QED) is 0.677. The number of para-hydroxylation sites is 1. The van der Waals surface area contributed by atoms with E-state index in [-0.39, 0.29) is 23.7 Å². The van der Waals surface area contributed by atoms with Gasteiger partial charge in [-0.2, -0.15) is 0 Å². The maximum atomic E-state index is 12.7. The van der Waals surface area contributed by atoms with Crippen molar-refractivity contribution in [3.63, 3.8) is 0 Å². The van der Waals surface area contributed by atoms with E-state index in [0.29, 0.717) is 30.1 Å². The molecule has 0 aromatic heterocycles. The number of likely N-dealkylation sites (N-methyl/N-ethyl adjacent to an activating group) is 2. The van der Waals surface area contributed by atoms with Crippen LogP contribution >= 0.6 is 0 Å². The van der Waals surface area contributed by atoms with Crippen LogP contribution in [0.5, 0.6) is 5.75 Å². The number of hydrogen-bond acceptors (Lipinski definition) is 6. The zero-order chi connectivity index (χ0) is 23.3. The van der Waals surface area contributed by atoms with E-state index in [1.54, 1.807) is 42.3 Å². The van der Waals surface area contributed by atoms with E-state index < -0.39 is 11.9 Å². The fraction of sp³-hybridized carbons (Fsp3) is 0.348. The van der Waals surface area contributed by atoms with Gasteiger partial charge in [0, 0.05) is 38.9 Å². The van der Waals surface area contributed by atoms with Crippen LogP contribution in [0.4, 0.5) is 11.4 Å². The number of benzene rings is 2. The van der Waals surface area contributed by atoms with Gasteiger partial charge in [0.2, 0.25) is 5.91 Å². The topological polar surface area (TPSA) is 102 Å². The van der Waals surface area contributed by atoms with Gasteiger partial charge in [-0.05, 0) is 37.4 Å². The number of aromatic carboxylic acids is 1. The molecule has 0 radical (unpaired) electrons. The van der Waals surface area contributed by atoms with E-state index in [0.717, 1.165) is 13.1 Å². The average molecular weight is 441 g/mol. The summed E-state index contributed by atoms with van der Waals surface area (Å²) in [6.45, 7) is 3.16. The van der Waals surface area contributed by atoms with E-state index in [4.69, 9.17) is 4.74 Å². The Hall–Kier alpha value is -3.59. The van der Waals surface area contributed by atoms with Crippen LogP contribution in [0, 0.1) is 0 Å². The molecule has 2 aromatic rings. The number of piperazine rings is 1. The number of nitrogens with zero attached hydrogens (tertiary/aromatic N) is 3. The van der Waals surface area contributed by atoms with Crippen LogP contribution in [0.3, 0.4) is 0 Å². The predicted octanol–water partition coefficient (Wildman–Crippen LogP) is 1.86. The van der Waals surface area contributed by atoms with Gasteiger partial charge >= 0.3 is 5.97 Å². The van der Waals surface area contributed by atoms with Crippen LogP contribution in [0.1, 0.15) is 20.7 Å². The monoisotopic (exact) mass is 440 g/mol. The van der Waals surface area contributed by atoms with Crippen molar-refractivity contribution in [2.24, 2.45) is 0 Å². The molecule has 2 aromatic carbocycles. The lowest BCUT2D eigenvalue weighted by Crippen LogP contribution is -2.49. The number of carbonyl (C=O) groups is 3. The van der Waals surface area contributed by atoms with Crippen molar-refractivity contribution < 1.29 is 24.2 Å². The smallest absolute Gasteiger partial charge is 0.337 e. The van der Waals surface area contributed by atoms with Gasteiger partial charge in [0.25, 0.3) is 5.91 Å². The highest BCUT2D eigenvalue weighted by Gasteiger charge is 2.22. The van der Waals surface area contributed by atoms with Crippen LogP contribution < -0.4 is 15.0 Å². The molecule has 2 amide bonds. The fourth-order valence-electron chi connectivity index (χ4n) is 3.53. The van der Waals surface area contributed by atoms with Gasteiger partial charge in [-0.25, -0.2) is 4.79 Å². The minimum absolute atomic E-state index is 0.00831. The van der Waals surface area contributed by atoms with Crippen molar-refractivity contribution in [1.82, 2.24) is 9.80 Å². The molecule has 1 fully saturated rings. The van der Waals surface area contributed by atoms with Crippen molar-refractivity contribution in [2.45, 2.75) is 0 Å². The van der Waals surface area contributed by atoms with Crippen molar-refractivity contribution in [3.8, 4) is 5.75 Å². The normalized spacial score (nSPS) is 14.0. The highest BCUT2D eigenvalue weighted by atomic mass is 16.5. The van der Waals surface area contributed by atoms with E-state index in [1.807, 2.05) is 11.9 Å². The third-order valence-electron chi connectivity index (χ3n) is 5.50. The summed E-state index contributed by atoms with van der Waals surface area (Å²) in [6, 6.07) is 11.4. The third kappa shape index (κ3) is 5.36. The molecule has 0 aliphatic carbocycles. The lowest BCUT2D eigenvalue weighted by atomic mass is 10.1. The lowest BCUT2D eigenvalue weighted by Gasteiger charge is -2.33. The molecule has 1 aliphatic rings. The minimum Gasteiger partial charge on any atom is -0.496 e. The summed E-state index contributed by atoms with van der Waals surface area (Å²) in [5.74, 6) is -1.27. The summed E-state index contributed by atoms with van der Waals surface area (Å²) in [6.07, 6.45) is 0. The fourth-order valence-corrected chi connectivity index (χ4v) is 3.53. The van der Waals surface area contributed by atoms with Crippen molar-refractivity contribution in [2.75, 3.05) is 64.1 Å². The molecule has 0 bridgehead atoms. The second-order valence-corrected chi connectivity index (χ2v) is 7.73. The summed E-state index contributed by atoms with van der Waals surface area (Å²) in [5.41, 5.74) is 0.964. The summed E-state index contributed by atoms with van der Waals surface area (Å²) < 4.78 is 5.20. The largest absolute Gasteiger partial charge is 0.496 e. The van der Waals surface area contributed by atoms with Gasteiger partial charge in [-0.15, -0.1) is 0 Å². The molecule has 9 nitrogen and oxygen atoms in total. The molecule has 32 heavy (non-hydrogen) atoms. The first-order valence-electron chi connectivity index (χ1n) is 10.3. The second-order valence-electron chi connectivity index (χ2n) is 7.73. The molecule has 1 heterocycles. The lowest BCUT2D eigenvalue weighted by molar-refractivity contribution is -0.131. The SMILES string of the molecule is COc1ccccc1C(=O)Nc1ccc(N(C)CC(=O)N2CCN(C)CC2)cc1C(=O)O. The zero-order valence-corrected chi connectivity index (χ0v) is 18.5. The first-order valence-corrected chi connectivity index (χ1v) is 10.3. The van der Waals surface area contributed by atoms with E-state index in [9.17, 15) is 19.5 Å². The molecule has 0 spiro atoms. The molecule has 0 atom stereocenters. The summed E-state index contributed by atoms with van der Waals surface area (Å²) in [7, 11) is 5.22. The number of methoxy groups -OCH3 is 1. The molecule has 0 unspecified atom stereocenters. The molecule has 9 heteroatoms. The number of anilines is 2. The molecule has 3 rings (SSSR count). The van der Waals surface area contributed by atoms with Gasteiger partial charge in [0.1, 0.15) is 5.75 Å². The highest BCUT2D eigenvalue weighted by molar-refractivity contribution is 6.09. The van der Waals surface area contributed by atoms with Gasteiger partial charge in [0.15, 0.2) is 0 Å². The number of amides is 2. The minimum atomic E-state index is -1.18. The van der Waals surface area contributed by atoms with E-state index in [2.05, 4.69) is 10.2 Å². The second kappa shape index (κ2) is 10.1. The predicted molar refractivity (Wildman–Crippen MR) is 122 cm³/mol. The van der Waals surface area contributed by atoms with E-state index in [1.165, 1.54) is 19.2 Å². The Kier molecular flexibility index (Phi) is 7.32. The molecule has 170 valence electrons. The summed E-state index contributed by atoms with van der Waals surface area (Å²) in [5, 5.41) is 12.3. The Bertz CT molecular complexity index is 1000.